The van der Waals surface area contributed by atoms with E-state index in [0.717, 1.165) is 19.6 Å². The van der Waals surface area contributed by atoms with E-state index in [0.29, 0.717) is 18.8 Å². The lowest BCUT2D eigenvalue weighted by atomic mass is 10.2. The molecule has 0 spiro atoms. The molecule has 158 valence electrons. The third kappa shape index (κ3) is 6.31. The van der Waals surface area contributed by atoms with Crippen LogP contribution >= 0.6 is 0 Å². The zero-order valence-electron chi connectivity index (χ0n) is 16.7. The minimum atomic E-state index is -0.629. The number of esters is 1. The summed E-state index contributed by atoms with van der Waals surface area (Å²) in [6.45, 7) is 2.99. The fourth-order valence-corrected chi connectivity index (χ4v) is 3.17. The standard InChI is InChI=1S/C22H25N3O5/c23-20(26)15-29-19-8-4-7-18(13-19)22(28)30-16-21(27)25-11-9-24(10-12-25)14-17-5-2-1-3-6-17/h1-8,13H,9-12,14-16H2,(H2,23,26). The minimum absolute atomic E-state index is 0.219. The second-order valence-electron chi connectivity index (χ2n) is 7.00. The van der Waals surface area contributed by atoms with Crippen molar-refractivity contribution in [3.63, 3.8) is 0 Å². The topological polar surface area (TPSA) is 102 Å². The Labute approximate surface area is 175 Å². The summed E-state index contributed by atoms with van der Waals surface area (Å²) in [5.74, 6) is -1.14. The Morgan fingerprint density at radius 2 is 1.63 bits per heavy atom. The van der Waals surface area contributed by atoms with Crippen LogP contribution < -0.4 is 10.5 Å². The molecule has 0 aliphatic carbocycles. The number of primary amides is 1. The van der Waals surface area contributed by atoms with Gasteiger partial charge >= 0.3 is 5.97 Å². The van der Waals surface area contributed by atoms with Crippen LogP contribution in [0.3, 0.4) is 0 Å². The molecule has 1 aliphatic heterocycles. The summed E-state index contributed by atoms with van der Waals surface area (Å²) in [5.41, 5.74) is 6.51. The van der Waals surface area contributed by atoms with E-state index in [1.807, 2.05) is 18.2 Å². The first-order valence-corrected chi connectivity index (χ1v) is 9.73. The third-order valence-corrected chi connectivity index (χ3v) is 4.75. The molecule has 0 bridgehead atoms. The van der Waals surface area contributed by atoms with E-state index in [2.05, 4.69) is 17.0 Å². The maximum atomic E-state index is 12.4. The van der Waals surface area contributed by atoms with Crippen LogP contribution in [0.2, 0.25) is 0 Å². The lowest BCUT2D eigenvalue weighted by Crippen LogP contribution is -2.49. The van der Waals surface area contributed by atoms with Crippen LogP contribution in [-0.2, 0) is 20.9 Å². The molecule has 0 unspecified atom stereocenters. The SMILES string of the molecule is NC(=O)COc1cccc(C(=O)OCC(=O)N2CCN(Cc3ccccc3)CC2)c1. The molecule has 0 radical (unpaired) electrons. The number of hydrogen-bond donors (Lipinski definition) is 1. The molecule has 30 heavy (non-hydrogen) atoms. The van der Waals surface area contributed by atoms with Gasteiger partial charge in [-0.1, -0.05) is 36.4 Å². The van der Waals surface area contributed by atoms with Gasteiger partial charge < -0.3 is 20.1 Å². The Morgan fingerprint density at radius 3 is 2.33 bits per heavy atom. The predicted octanol–water partition coefficient (Wildman–Crippen LogP) is 1.05. The van der Waals surface area contributed by atoms with Gasteiger partial charge in [-0.25, -0.2) is 4.79 Å². The van der Waals surface area contributed by atoms with Crippen molar-refractivity contribution in [3.8, 4) is 5.75 Å². The van der Waals surface area contributed by atoms with Gasteiger partial charge in [-0.2, -0.15) is 0 Å². The summed E-state index contributed by atoms with van der Waals surface area (Å²) in [6, 6.07) is 16.4. The van der Waals surface area contributed by atoms with Crippen LogP contribution in [0.1, 0.15) is 15.9 Å². The van der Waals surface area contributed by atoms with Crippen molar-refractivity contribution in [3.05, 3.63) is 65.7 Å². The Hall–Kier alpha value is -3.39. The van der Waals surface area contributed by atoms with Gasteiger partial charge in [-0.3, -0.25) is 14.5 Å². The van der Waals surface area contributed by atoms with Crippen molar-refractivity contribution >= 4 is 17.8 Å². The number of carbonyl (C=O) groups excluding carboxylic acids is 3. The quantitative estimate of drug-likeness (QED) is 0.652. The van der Waals surface area contributed by atoms with Gasteiger partial charge in [0, 0.05) is 32.7 Å². The maximum Gasteiger partial charge on any atom is 0.338 e. The molecule has 1 saturated heterocycles. The average Bonchev–Trinajstić information content (AvgIpc) is 2.77. The highest BCUT2D eigenvalue weighted by molar-refractivity contribution is 5.91. The first kappa shape index (κ1) is 21.3. The van der Waals surface area contributed by atoms with E-state index in [1.54, 1.807) is 23.1 Å². The predicted molar refractivity (Wildman–Crippen MR) is 110 cm³/mol. The van der Waals surface area contributed by atoms with Gasteiger partial charge in [0.15, 0.2) is 13.2 Å². The molecule has 8 nitrogen and oxygen atoms in total. The highest BCUT2D eigenvalue weighted by Crippen LogP contribution is 2.14. The second-order valence-corrected chi connectivity index (χ2v) is 7.00. The lowest BCUT2D eigenvalue weighted by Gasteiger charge is -2.34. The van der Waals surface area contributed by atoms with Gasteiger partial charge in [0.2, 0.25) is 0 Å². The van der Waals surface area contributed by atoms with E-state index in [1.165, 1.54) is 11.6 Å². The minimum Gasteiger partial charge on any atom is -0.484 e. The molecule has 8 heteroatoms. The summed E-state index contributed by atoms with van der Waals surface area (Å²) < 4.78 is 10.3. The summed E-state index contributed by atoms with van der Waals surface area (Å²) in [5, 5.41) is 0. The van der Waals surface area contributed by atoms with Crippen LogP contribution in [0.5, 0.6) is 5.75 Å². The van der Waals surface area contributed by atoms with Crippen molar-refractivity contribution in [2.24, 2.45) is 5.73 Å². The molecule has 3 rings (SSSR count). The van der Waals surface area contributed by atoms with E-state index >= 15 is 0 Å². The number of hydrogen-bond acceptors (Lipinski definition) is 6. The van der Waals surface area contributed by atoms with Gasteiger partial charge in [0.25, 0.3) is 11.8 Å². The Morgan fingerprint density at radius 1 is 0.900 bits per heavy atom. The number of benzene rings is 2. The molecule has 0 aromatic heterocycles. The third-order valence-electron chi connectivity index (χ3n) is 4.75. The highest BCUT2D eigenvalue weighted by atomic mass is 16.5. The normalized spacial score (nSPS) is 14.2. The van der Waals surface area contributed by atoms with Crippen LogP contribution in [-0.4, -0.2) is 67.0 Å². The maximum absolute atomic E-state index is 12.4. The zero-order chi connectivity index (χ0) is 21.3. The monoisotopic (exact) mass is 411 g/mol. The largest absolute Gasteiger partial charge is 0.484 e. The van der Waals surface area contributed by atoms with E-state index < -0.39 is 11.9 Å². The molecule has 0 atom stereocenters. The first-order chi connectivity index (χ1) is 14.5. The molecule has 1 aliphatic rings. The molecule has 2 aromatic rings. The molecule has 2 amide bonds. The molecular formula is C22H25N3O5. The van der Waals surface area contributed by atoms with Crippen molar-refractivity contribution in [1.82, 2.24) is 9.80 Å². The lowest BCUT2D eigenvalue weighted by molar-refractivity contribution is -0.136. The fraction of sp³-hybridized carbons (Fsp3) is 0.318. The van der Waals surface area contributed by atoms with Crippen molar-refractivity contribution in [2.75, 3.05) is 39.4 Å². The van der Waals surface area contributed by atoms with E-state index in [9.17, 15) is 14.4 Å². The van der Waals surface area contributed by atoms with Crippen LogP contribution in [0.15, 0.2) is 54.6 Å². The van der Waals surface area contributed by atoms with Crippen LogP contribution in [0.4, 0.5) is 0 Å². The number of ether oxygens (including phenoxy) is 2. The Kier molecular flexibility index (Phi) is 7.40. The van der Waals surface area contributed by atoms with Crippen molar-refractivity contribution in [1.29, 1.82) is 0 Å². The smallest absolute Gasteiger partial charge is 0.338 e. The molecular weight excluding hydrogens is 386 g/mol. The second kappa shape index (κ2) is 10.4. The number of nitrogens with two attached hydrogens (primary N) is 1. The van der Waals surface area contributed by atoms with E-state index in [-0.39, 0.29) is 24.7 Å². The fourth-order valence-electron chi connectivity index (χ4n) is 3.17. The van der Waals surface area contributed by atoms with E-state index in [4.69, 9.17) is 15.2 Å². The van der Waals surface area contributed by atoms with Gasteiger partial charge in [-0.15, -0.1) is 0 Å². The van der Waals surface area contributed by atoms with Gasteiger partial charge in [-0.05, 0) is 23.8 Å². The van der Waals surface area contributed by atoms with Gasteiger partial charge in [0.05, 0.1) is 5.56 Å². The highest BCUT2D eigenvalue weighted by Gasteiger charge is 2.22. The van der Waals surface area contributed by atoms with Crippen LogP contribution in [0.25, 0.3) is 0 Å². The van der Waals surface area contributed by atoms with Crippen molar-refractivity contribution in [2.45, 2.75) is 6.54 Å². The zero-order valence-corrected chi connectivity index (χ0v) is 16.7. The Balaban J connectivity index is 1.43. The molecule has 1 heterocycles. The average molecular weight is 411 g/mol. The first-order valence-electron chi connectivity index (χ1n) is 9.73. The number of piperazine rings is 1. The molecule has 0 saturated carbocycles. The number of rotatable bonds is 8. The van der Waals surface area contributed by atoms with Crippen molar-refractivity contribution < 1.29 is 23.9 Å². The summed E-state index contributed by atoms with van der Waals surface area (Å²) in [7, 11) is 0. The number of nitrogens with zero attached hydrogens (tertiary/aromatic N) is 2. The van der Waals surface area contributed by atoms with Crippen LogP contribution in [0, 0.1) is 0 Å². The Bertz CT molecular complexity index is 879. The number of amides is 2. The molecule has 1 fully saturated rings. The summed E-state index contributed by atoms with van der Waals surface area (Å²) >= 11 is 0. The summed E-state index contributed by atoms with van der Waals surface area (Å²) in [4.78, 5) is 39.4. The van der Waals surface area contributed by atoms with Gasteiger partial charge in [0.1, 0.15) is 5.75 Å². The molecule has 2 aromatic carbocycles. The molecule has 2 N–H and O–H groups in total. The summed E-state index contributed by atoms with van der Waals surface area (Å²) in [6.07, 6.45) is 0. The number of carbonyl (C=O) groups is 3.